The highest BCUT2D eigenvalue weighted by Gasteiger charge is 2.44. The Labute approximate surface area is 169 Å². The number of thiophene rings is 1. The Morgan fingerprint density at radius 3 is 3.07 bits per heavy atom. The minimum Gasteiger partial charge on any atom is -0.369 e. The number of carbonyl (C=O) groups is 1. The molecule has 1 saturated heterocycles. The van der Waals surface area contributed by atoms with Gasteiger partial charge in [0.05, 0.1) is 10.9 Å². The number of carbonyl (C=O) groups excluding carboxylic acids is 1. The maximum atomic E-state index is 11.9. The molecular formula is C21H25ClN2O2S. The van der Waals surface area contributed by atoms with Gasteiger partial charge in [-0.1, -0.05) is 23.7 Å². The van der Waals surface area contributed by atoms with E-state index in [1.54, 1.807) is 18.4 Å². The van der Waals surface area contributed by atoms with Gasteiger partial charge in [0.2, 0.25) is 0 Å². The quantitative estimate of drug-likeness (QED) is 0.832. The third-order valence-electron chi connectivity index (χ3n) is 5.80. The minimum atomic E-state index is -0.175. The molecule has 2 aromatic rings. The van der Waals surface area contributed by atoms with E-state index in [1.807, 2.05) is 18.2 Å². The van der Waals surface area contributed by atoms with Crippen LogP contribution in [-0.4, -0.2) is 37.0 Å². The van der Waals surface area contributed by atoms with Crippen LogP contribution >= 0.6 is 22.9 Å². The number of hydrogen-bond donors (Lipinski definition) is 1. The standard InChI is InChI=1S/C21H25ClN2O2S/c1-14-12-21(19-16(6-9-26-21)11-18(22)27-19)7-8-24(14)13-15-4-3-5-17(10-15)20(25)23-2/h3-5,10-11,14H,6-9,12-13H2,1-2H3,(H,23,25)/t14-,21+/m0/s1. The van der Waals surface area contributed by atoms with Gasteiger partial charge in [-0.3, -0.25) is 9.69 Å². The van der Waals surface area contributed by atoms with Crippen molar-refractivity contribution in [2.24, 2.45) is 0 Å². The summed E-state index contributed by atoms with van der Waals surface area (Å²) in [6.07, 6.45) is 2.92. The smallest absolute Gasteiger partial charge is 0.251 e. The molecule has 27 heavy (non-hydrogen) atoms. The highest BCUT2D eigenvalue weighted by Crippen LogP contribution is 2.48. The normalized spacial score (nSPS) is 25.4. The fourth-order valence-corrected chi connectivity index (χ4v) is 5.88. The Bertz CT molecular complexity index is 852. The Hall–Kier alpha value is -1.40. The highest BCUT2D eigenvalue weighted by atomic mass is 35.5. The fourth-order valence-electron chi connectivity index (χ4n) is 4.40. The van der Waals surface area contributed by atoms with E-state index in [2.05, 4.69) is 29.3 Å². The average molecular weight is 405 g/mol. The van der Waals surface area contributed by atoms with Gasteiger partial charge in [0, 0.05) is 36.6 Å². The number of hydrogen-bond acceptors (Lipinski definition) is 4. The molecule has 4 rings (SSSR count). The van der Waals surface area contributed by atoms with Crippen LogP contribution in [0.5, 0.6) is 0 Å². The van der Waals surface area contributed by atoms with Gasteiger partial charge in [0.25, 0.3) is 5.91 Å². The molecule has 0 saturated carbocycles. The molecule has 1 N–H and O–H groups in total. The van der Waals surface area contributed by atoms with Crippen LogP contribution < -0.4 is 5.32 Å². The molecule has 2 aliphatic heterocycles. The Morgan fingerprint density at radius 1 is 1.44 bits per heavy atom. The SMILES string of the molecule is CNC(=O)c1cccc(CN2CC[C@]3(C[C@@H]2C)OCCc2cc(Cl)sc23)c1. The van der Waals surface area contributed by atoms with E-state index in [-0.39, 0.29) is 11.5 Å². The van der Waals surface area contributed by atoms with E-state index in [1.165, 1.54) is 16.0 Å². The van der Waals surface area contributed by atoms with E-state index in [0.29, 0.717) is 11.6 Å². The summed E-state index contributed by atoms with van der Waals surface area (Å²) in [6, 6.07) is 10.4. The zero-order valence-corrected chi connectivity index (χ0v) is 17.3. The van der Waals surface area contributed by atoms with E-state index in [0.717, 1.165) is 43.3 Å². The fraction of sp³-hybridized carbons (Fsp3) is 0.476. The van der Waals surface area contributed by atoms with Crippen LogP contribution in [0.4, 0.5) is 0 Å². The van der Waals surface area contributed by atoms with Crippen LogP contribution in [0.1, 0.15) is 46.1 Å². The Morgan fingerprint density at radius 2 is 2.30 bits per heavy atom. The molecule has 2 aliphatic rings. The first-order valence-corrected chi connectivity index (χ1v) is 10.7. The van der Waals surface area contributed by atoms with Gasteiger partial charge in [0.1, 0.15) is 5.60 Å². The number of fused-ring (bicyclic) bond motifs is 2. The summed E-state index contributed by atoms with van der Waals surface area (Å²) in [4.78, 5) is 15.7. The lowest BCUT2D eigenvalue weighted by Gasteiger charge is -2.47. The predicted octanol–water partition coefficient (Wildman–Crippen LogP) is 4.21. The molecule has 1 fully saturated rings. The lowest BCUT2D eigenvalue weighted by molar-refractivity contribution is -0.110. The van der Waals surface area contributed by atoms with Crippen LogP contribution in [0.2, 0.25) is 4.34 Å². The molecule has 0 bridgehead atoms. The number of piperidine rings is 1. The van der Waals surface area contributed by atoms with Crippen molar-refractivity contribution in [3.05, 3.63) is 56.2 Å². The van der Waals surface area contributed by atoms with Crippen molar-refractivity contribution in [1.29, 1.82) is 0 Å². The summed E-state index contributed by atoms with van der Waals surface area (Å²) >= 11 is 7.99. The zero-order chi connectivity index (χ0) is 19.0. The number of likely N-dealkylation sites (tertiary alicyclic amines) is 1. The molecule has 0 unspecified atom stereocenters. The van der Waals surface area contributed by atoms with Crippen molar-refractivity contribution in [3.8, 4) is 0 Å². The zero-order valence-electron chi connectivity index (χ0n) is 15.8. The maximum Gasteiger partial charge on any atom is 0.251 e. The monoisotopic (exact) mass is 404 g/mol. The number of benzene rings is 1. The van der Waals surface area contributed by atoms with Crippen LogP contribution in [-0.2, 0) is 23.3 Å². The van der Waals surface area contributed by atoms with Gasteiger partial charge < -0.3 is 10.1 Å². The second kappa shape index (κ2) is 7.55. The second-order valence-corrected chi connectivity index (χ2v) is 9.23. The largest absolute Gasteiger partial charge is 0.369 e. The lowest BCUT2D eigenvalue weighted by Crippen LogP contribution is -2.49. The number of halogens is 1. The first kappa shape index (κ1) is 18.9. The Balaban J connectivity index is 1.50. The van der Waals surface area contributed by atoms with Crippen LogP contribution in [0.25, 0.3) is 0 Å². The summed E-state index contributed by atoms with van der Waals surface area (Å²) in [7, 11) is 1.66. The van der Waals surface area contributed by atoms with Crippen LogP contribution in [0, 0.1) is 0 Å². The molecule has 3 heterocycles. The average Bonchev–Trinajstić information content (AvgIpc) is 3.06. The number of amides is 1. The van der Waals surface area contributed by atoms with Crippen LogP contribution in [0.15, 0.2) is 30.3 Å². The molecule has 1 aromatic carbocycles. The summed E-state index contributed by atoms with van der Waals surface area (Å²) < 4.78 is 7.22. The number of nitrogens with one attached hydrogen (secondary N) is 1. The topological polar surface area (TPSA) is 41.6 Å². The van der Waals surface area contributed by atoms with E-state index in [9.17, 15) is 4.79 Å². The molecule has 1 amide bonds. The molecule has 0 radical (unpaired) electrons. The van der Waals surface area contributed by atoms with E-state index in [4.69, 9.17) is 16.3 Å². The third kappa shape index (κ3) is 3.66. The predicted molar refractivity (Wildman–Crippen MR) is 110 cm³/mol. The van der Waals surface area contributed by atoms with Crippen molar-refractivity contribution in [1.82, 2.24) is 10.2 Å². The van der Waals surface area contributed by atoms with Gasteiger partial charge in [-0.25, -0.2) is 0 Å². The first-order valence-electron chi connectivity index (χ1n) is 9.48. The van der Waals surface area contributed by atoms with Crippen LogP contribution in [0.3, 0.4) is 0 Å². The molecule has 0 aliphatic carbocycles. The molecule has 6 heteroatoms. The second-order valence-electron chi connectivity index (χ2n) is 7.55. The van der Waals surface area contributed by atoms with E-state index < -0.39 is 0 Å². The van der Waals surface area contributed by atoms with Crippen molar-refractivity contribution in [2.45, 2.75) is 44.4 Å². The van der Waals surface area contributed by atoms with Gasteiger partial charge >= 0.3 is 0 Å². The molecule has 4 nitrogen and oxygen atoms in total. The highest BCUT2D eigenvalue weighted by molar-refractivity contribution is 7.16. The molecule has 1 aromatic heterocycles. The number of ether oxygens (including phenoxy) is 1. The maximum absolute atomic E-state index is 11.9. The number of rotatable bonds is 3. The number of nitrogens with zero attached hydrogens (tertiary/aromatic N) is 1. The van der Waals surface area contributed by atoms with E-state index >= 15 is 0 Å². The van der Waals surface area contributed by atoms with Gasteiger partial charge in [-0.05, 0) is 55.5 Å². The van der Waals surface area contributed by atoms with Crippen molar-refractivity contribution in [2.75, 3.05) is 20.2 Å². The molecule has 1 spiro atoms. The summed E-state index contributed by atoms with van der Waals surface area (Å²) in [5.74, 6) is -0.0415. The molecule has 2 atom stereocenters. The summed E-state index contributed by atoms with van der Waals surface area (Å²) in [6.45, 7) is 4.87. The van der Waals surface area contributed by atoms with Crippen molar-refractivity contribution in [3.63, 3.8) is 0 Å². The first-order chi connectivity index (χ1) is 13.0. The van der Waals surface area contributed by atoms with Gasteiger partial charge in [0.15, 0.2) is 0 Å². The lowest BCUT2D eigenvalue weighted by atomic mass is 9.82. The van der Waals surface area contributed by atoms with Crippen molar-refractivity contribution >= 4 is 28.8 Å². The molecule has 144 valence electrons. The van der Waals surface area contributed by atoms with Crippen molar-refractivity contribution < 1.29 is 9.53 Å². The third-order valence-corrected chi connectivity index (χ3v) is 7.29. The van der Waals surface area contributed by atoms with Gasteiger partial charge in [-0.15, -0.1) is 11.3 Å². The minimum absolute atomic E-state index is 0.0415. The Kier molecular flexibility index (Phi) is 5.30. The van der Waals surface area contributed by atoms with Gasteiger partial charge in [-0.2, -0.15) is 0 Å². The summed E-state index contributed by atoms with van der Waals surface area (Å²) in [5.41, 5.74) is 3.08. The molecular weight excluding hydrogens is 380 g/mol. The summed E-state index contributed by atoms with van der Waals surface area (Å²) in [5, 5.41) is 2.69.